The van der Waals surface area contributed by atoms with Gasteiger partial charge in [0.2, 0.25) is 0 Å². The first kappa shape index (κ1) is 17.0. The van der Waals surface area contributed by atoms with E-state index in [1.54, 1.807) is 0 Å². The van der Waals surface area contributed by atoms with Crippen molar-refractivity contribution < 1.29 is 9.47 Å². The molecular weight excluding hydrogens is 236 g/mol. The van der Waals surface area contributed by atoms with Crippen LogP contribution in [-0.4, -0.2) is 19.5 Å². The lowest BCUT2D eigenvalue weighted by Gasteiger charge is -2.22. The topological polar surface area (TPSA) is 18.5 Å². The third-order valence-corrected chi connectivity index (χ3v) is 4.14. The monoisotopic (exact) mass is 270 g/mol. The van der Waals surface area contributed by atoms with E-state index in [2.05, 4.69) is 13.8 Å². The fraction of sp³-hybridized carbons (Fsp3) is 1.00. The second-order valence-electron chi connectivity index (χ2n) is 5.92. The highest BCUT2D eigenvalue weighted by Gasteiger charge is 2.25. The average Bonchev–Trinajstić information content (AvgIpc) is 2.95. The highest BCUT2D eigenvalue weighted by atomic mass is 16.7. The molecule has 0 saturated carbocycles. The van der Waals surface area contributed by atoms with Gasteiger partial charge in [-0.05, 0) is 12.8 Å². The second kappa shape index (κ2) is 11.7. The van der Waals surface area contributed by atoms with E-state index in [0.29, 0.717) is 5.92 Å². The Balaban J connectivity index is 2.16. The molecule has 1 aliphatic heterocycles. The Morgan fingerprint density at radius 1 is 0.737 bits per heavy atom. The summed E-state index contributed by atoms with van der Waals surface area (Å²) in [5.41, 5.74) is 0. The standard InChI is InChI=1S/C17H34O2/c1-3-5-7-9-11-13-16(12-10-8-6-4-2)17-18-14-15-19-17/h16-17H,3-15H2,1-2H3. The predicted octanol–water partition coefficient (Wildman–Crippen LogP) is 5.31. The van der Waals surface area contributed by atoms with E-state index < -0.39 is 0 Å². The molecule has 0 N–H and O–H groups in total. The molecule has 0 aromatic heterocycles. The molecule has 1 atom stereocenters. The Morgan fingerprint density at radius 2 is 1.21 bits per heavy atom. The average molecular weight is 270 g/mol. The minimum absolute atomic E-state index is 0.104. The van der Waals surface area contributed by atoms with Gasteiger partial charge < -0.3 is 9.47 Å². The van der Waals surface area contributed by atoms with Crippen molar-refractivity contribution in [3.8, 4) is 0 Å². The molecule has 1 heterocycles. The Hall–Kier alpha value is -0.0800. The maximum Gasteiger partial charge on any atom is 0.160 e. The first-order valence-electron chi connectivity index (χ1n) is 8.61. The number of ether oxygens (including phenoxy) is 2. The molecule has 1 fully saturated rings. The van der Waals surface area contributed by atoms with Gasteiger partial charge in [-0.2, -0.15) is 0 Å². The summed E-state index contributed by atoms with van der Waals surface area (Å²) in [6.07, 6.45) is 14.9. The van der Waals surface area contributed by atoms with Crippen molar-refractivity contribution in [1.82, 2.24) is 0 Å². The van der Waals surface area contributed by atoms with Crippen molar-refractivity contribution in [3.05, 3.63) is 0 Å². The Kier molecular flexibility index (Phi) is 10.5. The lowest BCUT2D eigenvalue weighted by Crippen LogP contribution is -2.21. The van der Waals surface area contributed by atoms with E-state index in [1.807, 2.05) is 0 Å². The van der Waals surface area contributed by atoms with Gasteiger partial charge in [0.25, 0.3) is 0 Å². The number of rotatable bonds is 12. The number of hydrogen-bond donors (Lipinski definition) is 0. The lowest BCUT2D eigenvalue weighted by molar-refractivity contribution is -0.0885. The molecule has 2 heteroatoms. The molecule has 0 aliphatic carbocycles. The van der Waals surface area contributed by atoms with Gasteiger partial charge in [-0.25, -0.2) is 0 Å². The van der Waals surface area contributed by atoms with E-state index in [-0.39, 0.29) is 6.29 Å². The number of unbranched alkanes of at least 4 members (excludes halogenated alkanes) is 7. The van der Waals surface area contributed by atoms with Crippen LogP contribution in [-0.2, 0) is 9.47 Å². The van der Waals surface area contributed by atoms with E-state index in [0.717, 1.165) is 13.2 Å². The van der Waals surface area contributed by atoms with Crippen molar-refractivity contribution in [3.63, 3.8) is 0 Å². The molecular formula is C17H34O2. The van der Waals surface area contributed by atoms with Crippen LogP contribution in [0, 0.1) is 5.92 Å². The zero-order valence-corrected chi connectivity index (χ0v) is 13.2. The van der Waals surface area contributed by atoms with Gasteiger partial charge in [0.1, 0.15) is 0 Å². The van der Waals surface area contributed by atoms with Crippen LogP contribution in [0.3, 0.4) is 0 Å². The van der Waals surface area contributed by atoms with Crippen LogP contribution in [0.2, 0.25) is 0 Å². The van der Waals surface area contributed by atoms with E-state index >= 15 is 0 Å². The van der Waals surface area contributed by atoms with Crippen LogP contribution in [0.4, 0.5) is 0 Å². The fourth-order valence-corrected chi connectivity index (χ4v) is 2.91. The van der Waals surface area contributed by atoms with E-state index in [9.17, 15) is 0 Å². The lowest BCUT2D eigenvalue weighted by atomic mass is 9.94. The molecule has 0 aromatic carbocycles. The van der Waals surface area contributed by atoms with Gasteiger partial charge in [0.15, 0.2) is 6.29 Å². The summed E-state index contributed by atoms with van der Waals surface area (Å²) in [5, 5.41) is 0. The van der Waals surface area contributed by atoms with Gasteiger partial charge in [-0.3, -0.25) is 0 Å². The van der Waals surface area contributed by atoms with Crippen molar-refractivity contribution >= 4 is 0 Å². The summed E-state index contributed by atoms with van der Waals surface area (Å²) in [6, 6.07) is 0. The van der Waals surface area contributed by atoms with Crippen LogP contribution in [0.5, 0.6) is 0 Å². The van der Waals surface area contributed by atoms with E-state index in [1.165, 1.54) is 70.6 Å². The zero-order valence-electron chi connectivity index (χ0n) is 13.2. The number of hydrogen-bond acceptors (Lipinski definition) is 2. The molecule has 19 heavy (non-hydrogen) atoms. The SMILES string of the molecule is CCCCCCCC(CCCCCC)C1OCCO1. The van der Waals surface area contributed by atoms with Crippen LogP contribution in [0.25, 0.3) is 0 Å². The van der Waals surface area contributed by atoms with Gasteiger partial charge >= 0.3 is 0 Å². The summed E-state index contributed by atoms with van der Waals surface area (Å²) in [6.45, 7) is 6.14. The summed E-state index contributed by atoms with van der Waals surface area (Å²) in [7, 11) is 0. The molecule has 1 aliphatic rings. The second-order valence-corrected chi connectivity index (χ2v) is 5.92. The minimum Gasteiger partial charge on any atom is -0.350 e. The molecule has 0 radical (unpaired) electrons. The third kappa shape index (κ3) is 7.94. The summed E-state index contributed by atoms with van der Waals surface area (Å²) >= 11 is 0. The van der Waals surface area contributed by atoms with Gasteiger partial charge in [-0.15, -0.1) is 0 Å². The Labute approximate surface area is 120 Å². The Bertz CT molecular complexity index is 188. The normalized spacial score (nSPS) is 18.0. The fourth-order valence-electron chi connectivity index (χ4n) is 2.91. The molecule has 114 valence electrons. The van der Waals surface area contributed by atoms with Gasteiger partial charge in [-0.1, -0.05) is 71.6 Å². The molecule has 1 rings (SSSR count). The summed E-state index contributed by atoms with van der Waals surface area (Å²) in [4.78, 5) is 0. The highest BCUT2D eigenvalue weighted by molar-refractivity contribution is 4.67. The highest BCUT2D eigenvalue weighted by Crippen LogP contribution is 2.26. The molecule has 1 saturated heterocycles. The zero-order chi connectivity index (χ0) is 13.8. The van der Waals surface area contributed by atoms with Crippen LogP contribution in [0.15, 0.2) is 0 Å². The summed E-state index contributed by atoms with van der Waals surface area (Å²) in [5.74, 6) is 0.640. The third-order valence-electron chi connectivity index (χ3n) is 4.14. The molecule has 0 spiro atoms. The van der Waals surface area contributed by atoms with Crippen molar-refractivity contribution in [2.75, 3.05) is 13.2 Å². The predicted molar refractivity (Wildman–Crippen MR) is 81.3 cm³/mol. The van der Waals surface area contributed by atoms with E-state index in [4.69, 9.17) is 9.47 Å². The van der Waals surface area contributed by atoms with Crippen LogP contribution >= 0.6 is 0 Å². The van der Waals surface area contributed by atoms with Crippen LogP contribution in [0.1, 0.15) is 84.5 Å². The van der Waals surface area contributed by atoms with Crippen molar-refractivity contribution in [2.24, 2.45) is 5.92 Å². The molecule has 1 unspecified atom stereocenters. The summed E-state index contributed by atoms with van der Waals surface area (Å²) < 4.78 is 11.5. The first-order valence-corrected chi connectivity index (χ1v) is 8.61. The molecule has 0 bridgehead atoms. The maximum atomic E-state index is 5.73. The quantitative estimate of drug-likeness (QED) is 0.448. The molecule has 0 amide bonds. The van der Waals surface area contributed by atoms with Gasteiger partial charge in [0, 0.05) is 5.92 Å². The largest absolute Gasteiger partial charge is 0.350 e. The minimum atomic E-state index is 0.104. The Morgan fingerprint density at radius 3 is 1.74 bits per heavy atom. The molecule has 0 aromatic rings. The van der Waals surface area contributed by atoms with Crippen molar-refractivity contribution in [1.29, 1.82) is 0 Å². The van der Waals surface area contributed by atoms with Crippen molar-refractivity contribution in [2.45, 2.75) is 90.8 Å². The van der Waals surface area contributed by atoms with Gasteiger partial charge in [0.05, 0.1) is 13.2 Å². The first-order chi connectivity index (χ1) is 9.38. The smallest absolute Gasteiger partial charge is 0.160 e. The molecule has 2 nitrogen and oxygen atoms in total. The van der Waals surface area contributed by atoms with Crippen LogP contribution < -0.4 is 0 Å². The maximum absolute atomic E-state index is 5.73.